The van der Waals surface area contributed by atoms with Crippen molar-refractivity contribution in [3.63, 3.8) is 0 Å². The number of ketones is 2. The summed E-state index contributed by atoms with van der Waals surface area (Å²) in [4.78, 5) is 65.3. The first-order chi connectivity index (χ1) is 18.0. The van der Waals surface area contributed by atoms with Crippen LogP contribution in [0.15, 0.2) is 66.0 Å². The van der Waals surface area contributed by atoms with Gasteiger partial charge in [-0.05, 0) is 36.1 Å². The SMILES string of the molecule is Cc1cccc(NC(=O)NC2N=C(c3c[nH]cn3)c3ccccc3N(CC(=O)C(=O)CC(C)(C)C)C2=O)c1. The predicted molar refractivity (Wildman–Crippen MR) is 144 cm³/mol. The number of rotatable bonds is 7. The van der Waals surface area contributed by atoms with Gasteiger partial charge in [0.15, 0.2) is 0 Å². The first-order valence-corrected chi connectivity index (χ1v) is 12.2. The minimum atomic E-state index is -1.38. The average molecular weight is 515 g/mol. The smallest absolute Gasteiger partial charge is 0.321 e. The minimum absolute atomic E-state index is 0.0467. The van der Waals surface area contributed by atoms with E-state index in [2.05, 4.69) is 25.6 Å². The Morgan fingerprint density at radius 1 is 1.05 bits per heavy atom. The predicted octanol–water partition coefficient (Wildman–Crippen LogP) is 3.62. The van der Waals surface area contributed by atoms with Crippen molar-refractivity contribution in [3.05, 3.63) is 77.9 Å². The fraction of sp³-hybridized carbons (Fsp3) is 0.286. The van der Waals surface area contributed by atoms with Gasteiger partial charge in [0.05, 0.1) is 24.3 Å². The third-order valence-corrected chi connectivity index (χ3v) is 5.80. The number of fused-ring (bicyclic) bond motifs is 1. The normalized spacial score (nSPS) is 15.3. The summed E-state index contributed by atoms with van der Waals surface area (Å²) >= 11 is 0. The molecule has 196 valence electrons. The van der Waals surface area contributed by atoms with E-state index < -0.39 is 36.2 Å². The molecule has 4 rings (SSSR count). The third kappa shape index (κ3) is 6.20. The molecule has 0 saturated carbocycles. The Morgan fingerprint density at radius 3 is 2.50 bits per heavy atom. The molecule has 1 aliphatic heterocycles. The van der Waals surface area contributed by atoms with Crippen LogP contribution in [0.3, 0.4) is 0 Å². The van der Waals surface area contributed by atoms with Crippen LogP contribution in [0.2, 0.25) is 0 Å². The van der Waals surface area contributed by atoms with Gasteiger partial charge in [-0.3, -0.25) is 14.4 Å². The summed E-state index contributed by atoms with van der Waals surface area (Å²) in [7, 11) is 0. The largest absolute Gasteiger partial charge is 0.351 e. The highest BCUT2D eigenvalue weighted by atomic mass is 16.2. The number of H-pyrrole nitrogens is 1. The summed E-state index contributed by atoms with van der Waals surface area (Å²) in [5.41, 5.74) is 2.84. The number of nitrogens with one attached hydrogen (secondary N) is 3. The zero-order chi connectivity index (χ0) is 27.4. The van der Waals surface area contributed by atoms with Crippen LogP contribution in [0.25, 0.3) is 0 Å². The minimum Gasteiger partial charge on any atom is -0.351 e. The Morgan fingerprint density at radius 2 is 1.82 bits per heavy atom. The van der Waals surface area contributed by atoms with Crippen molar-refractivity contribution in [2.45, 2.75) is 40.3 Å². The number of para-hydroxylation sites is 1. The number of carbonyl (C=O) groups is 4. The van der Waals surface area contributed by atoms with Crippen LogP contribution in [0.4, 0.5) is 16.2 Å². The Kier molecular flexibility index (Phi) is 7.52. The molecule has 0 saturated heterocycles. The number of imidazole rings is 1. The Hall–Kier alpha value is -4.60. The van der Waals surface area contributed by atoms with Crippen LogP contribution in [0.1, 0.15) is 44.0 Å². The van der Waals surface area contributed by atoms with Crippen molar-refractivity contribution < 1.29 is 19.2 Å². The second-order valence-corrected chi connectivity index (χ2v) is 10.3. The van der Waals surface area contributed by atoms with Gasteiger partial charge < -0.3 is 20.5 Å². The molecule has 1 aromatic heterocycles. The number of Topliss-reactive ketones (excluding diaryl/α,β-unsaturated/α-hetero) is 2. The van der Waals surface area contributed by atoms with E-state index in [0.717, 1.165) is 5.56 Å². The lowest BCUT2D eigenvalue weighted by Gasteiger charge is -2.25. The van der Waals surface area contributed by atoms with Gasteiger partial charge in [-0.1, -0.05) is 51.1 Å². The van der Waals surface area contributed by atoms with E-state index in [0.29, 0.717) is 28.3 Å². The van der Waals surface area contributed by atoms with E-state index in [-0.39, 0.29) is 11.8 Å². The molecule has 3 N–H and O–H groups in total. The van der Waals surface area contributed by atoms with Crippen molar-refractivity contribution in [2.24, 2.45) is 10.4 Å². The molecule has 1 aliphatic rings. The summed E-state index contributed by atoms with van der Waals surface area (Å²) in [5.74, 6) is -1.92. The first-order valence-electron chi connectivity index (χ1n) is 12.2. The molecule has 38 heavy (non-hydrogen) atoms. The van der Waals surface area contributed by atoms with Crippen LogP contribution in [0, 0.1) is 12.3 Å². The Balaban J connectivity index is 1.70. The summed E-state index contributed by atoms with van der Waals surface area (Å²) < 4.78 is 0. The van der Waals surface area contributed by atoms with Crippen molar-refractivity contribution >= 4 is 40.6 Å². The number of nitrogens with zero attached hydrogens (tertiary/aromatic N) is 3. The molecule has 2 heterocycles. The molecule has 1 unspecified atom stereocenters. The maximum Gasteiger partial charge on any atom is 0.321 e. The molecule has 10 heteroatoms. The number of hydrogen-bond acceptors (Lipinski definition) is 6. The molecule has 0 bridgehead atoms. The van der Waals surface area contributed by atoms with Crippen LogP contribution < -0.4 is 15.5 Å². The molecule has 1 atom stereocenters. The maximum atomic E-state index is 13.8. The van der Waals surface area contributed by atoms with E-state index in [1.165, 1.54) is 11.2 Å². The highest BCUT2D eigenvalue weighted by Gasteiger charge is 2.36. The van der Waals surface area contributed by atoms with Gasteiger partial charge in [0.25, 0.3) is 5.91 Å². The zero-order valence-corrected chi connectivity index (χ0v) is 21.7. The molecule has 3 amide bonds. The molecular weight excluding hydrogens is 484 g/mol. The fourth-order valence-corrected chi connectivity index (χ4v) is 4.11. The van der Waals surface area contributed by atoms with E-state index >= 15 is 0 Å². The topological polar surface area (TPSA) is 137 Å². The molecule has 0 aliphatic carbocycles. The number of aromatic nitrogens is 2. The number of carbonyl (C=O) groups excluding carboxylic acids is 4. The Labute approximate surface area is 220 Å². The van der Waals surface area contributed by atoms with Crippen molar-refractivity contribution in [3.8, 4) is 0 Å². The van der Waals surface area contributed by atoms with Gasteiger partial charge in [-0.2, -0.15) is 0 Å². The van der Waals surface area contributed by atoms with Crippen LogP contribution >= 0.6 is 0 Å². The number of aryl methyl sites for hydroxylation is 1. The van der Waals surface area contributed by atoms with Crippen LogP contribution in [0.5, 0.6) is 0 Å². The quantitative estimate of drug-likeness (QED) is 0.414. The van der Waals surface area contributed by atoms with E-state index in [1.807, 2.05) is 33.8 Å². The van der Waals surface area contributed by atoms with Gasteiger partial charge in [-0.25, -0.2) is 14.8 Å². The number of amides is 3. The van der Waals surface area contributed by atoms with Crippen molar-refractivity contribution in [1.82, 2.24) is 15.3 Å². The summed E-state index contributed by atoms with van der Waals surface area (Å²) in [6, 6.07) is 13.5. The van der Waals surface area contributed by atoms with E-state index in [4.69, 9.17) is 0 Å². The Bertz CT molecular complexity index is 1400. The first kappa shape index (κ1) is 26.5. The van der Waals surface area contributed by atoms with Gasteiger partial charge >= 0.3 is 6.03 Å². The summed E-state index contributed by atoms with van der Waals surface area (Å²) in [5, 5.41) is 5.32. The van der Waals surface area contributed by atoms with Crippen LogP contribution in [-0.4, -0.2) is 51.9 Å². The molecule has 0 fully saturated rings. The lowest BCUT2D eigenvalue weighted by molar-refractivity contribution is -0.137. The van der Waals surface area contributed by atoms with Gasteiger partial charge in [0.1, 0.15) is 5.69 Å². The van der Waals surface area contributed by atoms with Crippen molar-refractivity contribution in [1.29, 1.82) is 0 Å². The van der Waals surface area contributed by atoms with E-state index in [9.17, 15) is 19.2 Å². The second kappa shape index (κ2) is 10.8. The molecule has 0 radical (unpaired) electrons. The fourth-order valence-electron chi connectivity index (χ4n) is 4.11. The highest BCUT2D eigenvalue weighted by molar-refractivity contribution is 6.39. The number of hydrogen-bond donors (Lipinski definition) is 3. The lowest BCUT2D eigenvalue weighted by atomic mass is 9.89. The third-order valence-electron chi connectivity index (χ3n) is 5.80. The summed E-state index contributed by atoms with van der Waals surface area (Å²) in [6.07, 6.45) is 1.76. The van der Waals surface area contributed by atoms with Gasteiger partial charge in [0, 0.05) is 23.9 Å². The average Bonchev–Trinajstić information content (AvgIpc) is 3.35. The zero-order valence-electron chi connectivity index (χ0n) is 21.7. The summed E-state index contributed by atoms with van der Waals surface area (Å²) in [6.45, 7) is 7.00. The van der Waals surface area contributed by atoms with Gasteiger partial charge in [-0.15, -0.1) is 0 Å². The number of urea groups is 1. The number of benzene rings is 2. The lowest BCUT2D eigenvalue weighted by Crippen LogP contribution is -2.50. The number of aliphatic imine (C=N–C) groups is 1. The monoisotopic (exact) mass is 514 g/mol. The number of anilines is 2. The number of benzodiazepines with no additional fused rings is 1. The molecule has 0 spiro atoms. The molecule has 2 aromatic carbocycles. The van der Waals surface area contributed by atoms with Gasteiger partial charge in [0.2, 0.25) is 17.7 Å². The standard InChI is InChI=1S/C28H30N6O4/c1-17-8-7-9-18(12-17)31-27(38)33-25-26(37)34(15-23(36)22(35)13-28(2,3)4)21-11-6-5-10-19(21)24(32-25)20-14-29-16-30-20/h5-12,14,16,25H,13,15H2,1-4H3,(H,29,30)(H2,31,33,38). The molecule has 10 nitrogen and oxygen atoms in total. The molecular formula is C28H30N6O4. The molecule has 3 aromatic rings. The number of aromatic amines is 1. The van der Waals surface area contributed by atoms with E-state index in [1.54, 1.807) is 48.7 Å². The van der Waals surface area contributed by atoms with Crippen LogP contribution in [-0.2, 0) is 14.4 Å². The highest BCUT2D eigenvalue weighted by Crippen LogP contribution is 2.28. The maximum absolute atomic E-state index is 13.8. The van der Waals surface area contributed by atoms with Crippen molar-refractivity contribution in [2.75, 3.05) is 16.8 Å². The second-order valence-electron chi connectivity index (χ2n) is 10.3.